The number of carboxylic acid groups (broad SMARTS) is 1. The lowest BCUT2D eigenvalue weighted by atomic mass is 10.1. The molecule has 0 spiro atoms. The molecule has 1 aliphatic heterocycles. The Bertz CT molecular complexity index is 554. The van der Waals surface area contributed by atoms with Gasteiger partial charge in [-0.05, 0) is 24.6 Å². The highest BCUT2D eigenvalue weighted by Crippen LogP contribution is 2.19. The van der Waals surface area contributed by atoms with Crippen LogP contribution >= 0.6 is 0 Å². The number of benzene rings is 1. The van der Waals surface area contributed by atoms with E-state index in [1.807, 2.05) is 0 Å². The van der Waals surface area contributed by atoms with Gasteiger partial charge in [-0.25, -0.2) is 9.18 Å². The molecule has 1 heterocycles. The molecule has 1 atom stereocenters. The standard InChI is InChI=1S/C14H17FN2O4/c1-9(18)10-2-3-12(15)11(8-10)13(19)16-4-6-17(7-5-16)14(20)21/h2-3,8-9,18H,4-7H2,1H3,(H,20,21). The fourth-order valence-corrected chi connectivity index (χ4v) is 2.24. The molecule has 6 nitrogen and oxygen atoms in total. The maximum Gasteiger partial charge on any atom is 0.407 e. The summed E-state index contributed by atoms with van der Waals surface area (Å²) in [5.41, 5.74) is 0.362. The van der Waals surface area contributed by atoms with Crippen LogP contribution in [0.1, 0.15) is 28.9 Å². The van der Waals surface area contributed by atoms with E-state index in [-0.39, 0.29) is 31.7 Å². The molecular formula is C14H17FN2O4. The number of hydrogen-bond acceptors (Lipinski definition) is 3. The van der Waals surface area contributed by atoms with Crippen LogP contribution in [0.4, 0.5) is 9.18 Å². The average molecular weight is 296 g/mol. The fraction of sp³-hybridized carbons (Fsp3) is 0.429. The molecular weight excluding hydrogens is 279 g/mol. The molecule has 2 amide bonds. The Balaban J connectivity index is 2.14. The monoisotopic (exact) mass is 296 g/mol. The zero-order valence-corrected chi connectivity index (χ0v) is 11.6. The van der Waals surface area contributed by atoms with Gasteiger partial charge in [-0.15, -0.1) is 0 Å². The zero-order chi connectivity index (χ0) is 15.6. The molecule has 2 N–H and O–H groups in total. The fourth-order valence-electron chi connectivity index (χ4n) is 2.24. The molecule has 2 rings (SSSR count). The van der Waals surface area contributed by atoms with Gasteiger partial charge in [-0.1, -0.05) is 6.07 Å². The summed E-state index contributed by atoms with van der Waals surface area (Å²) in [7, 11) is 0. The number of halogens is 1. The SMILES string of the molecule is CC(O)c1ccc(F)c(C(=O)N2CCN(C(=O)O)CC2)c1. The van der Waals surface area contributed by atoms with Crippen LogP contribution in [0.5, 0.6) is 0 Å². The number of carbonyl (C=O) groups excluding carboxylic acids is 1. The van der Waals surface area contributed by atoms with Crippen molar-refractivity contribution in [2.75, 3.05) is 26.2 Å². The molecule has 1 saturated heterocycles. The van der Waals surface area contributed by atoms with Crippen LogP contribution in [-0.2, 0) is 0 Å². The van der Waals surface area contributed by atoms with E-state index in [4.69, 9.17) is 5.11 Å². The number of nitrogens with zero attached hydrogens (tertiary/aromatic N) is 2. The van der Waals surface area contributed by atoms with Gasteiger partial charge in [-0.2, -0.15) is 0 Å². The lowest BCUT2D eigenvalue weighted by Crippen LogP contribution is -2.50. The van der Waals surface area contributed by atoms with E-state index in [1.165, 1.54) is 28.9 Å². The predicted molar refractivity (Wildman–Crippen MR) is 72.5 cm³/mol. The van der Waals surface area contributed by atoms with Crippen LogP contribution in [0.3, 0.4) is 0 Å². The summed E-state index contributed by atoms with van der Waals surface area (Å²) in [6.45, 7) is 2.40. The molecule has 1 aromatic rings. The second-order valence-electron chi connectivity index (χ2n) is 4.98. The number of rotatable bonds is 2. The van der Waals surface area contributed by atoms with E-state index in [1.54, 1.807) is 0 Å². The summed E-state index contributed by atoms with van der Waals surface area (Å²) in [4.78, 5) is 25.8. The smallest absolute Gasteiger partial charge is 0.407 e. The normalized spacial score (nSPS) is 16.7. The highest BCUT2D eigenvalue weighted by molar-refractivity contribution is 5.94. The second-order valence-corrected chi connectivity index (χ2v) is 4.98. The summed E-state index contributed by atoms with van der Waals surface area (Å²) < 4.78 is 13.8. The summed E-state index contributed by atoms with van der Waals surface area (Å²) in [6.07, 6.45) is -1.81. The van der Waals surface area contributed by atoms with Crippen molar-refractivity contribution in [2.24, 2.45) is 0 Å². The van der Waals surface area contributed by atoms with Crippen molar-refractivity contribution in [1.29, 1.82) is 0 Å². The lowest BCUT2D eigenvalue weighted by Gasteiger charge is -2.33. The molecule has 21 heavy (non-hydrogen) atoms. The van der Waals surface area contributed by atoms with Crippen molar-refractivity contribution in [3.63, 3.8) is 0 Å². The Morgan fingerprint density at radius 2 is 1.76 bits per heavy atom. The van der Waals surface area contributed by atoms with Gasteiger partial charge in [0, 0.05) is 26.2 Å². The number of hydrogen-bond donors (Lipinski definition) is 2. The van der Waals surface area contributed by atoms with Crippen LogP contribution in [0, 0.1) is 5.82 Å². The van der Waals surface area contributed by atoms with Gasteiger partial charge < -0.3 is 20.0 Å². The van der Waals surface area contributed by atoms with Crippen molar-refractivity contribution in [1.82, 2.24) is 9.80 Å². The lowest BCUT2D eigenvalue weighted by molar-refractivity contribution is 0.0620. The molecule has 0 saturated carbocycles. The van der Waals surface area contributed by atoms with Gasteiger partial charge in [0.15, 0.2) is 0 Å². The van der Waals surface area contributed by atoms with Gasteiger partial charge in [0.25, 0.3) is 5.91 Å². The third-order valence-corrected chi connectivity index (χ3v) is 3.54. The van der Waals surface area contributed by atoms with Gasteiger partial charge in [-0.3, -0.25) is 4.79 Å². The number of aliphatic hydroxyl groups excluding tert-OH is 1. The summed E-state index contributed by atoms with van der Waals surface area (Å²) in [6, 6.07) is 3.92. The molecule has 0 aliphatic carbocycles. The van der Waals surface area contributed by atoms with Gasteiger partial charge in [0.05, 0.1) is 11.7 Å². The summed E-state index contributed by atoms with van der Waals surface area (Å²) in [5, 5.41) is 18.4. The molecule has 114 valence electrons. The Kier molecular flexibility index (Phi) is 4.42. The zero-order valence-electron chi connectivity index (χ0n) is 11.6. The maximum absolute atomic E-state index is 13.8. The van der Waals surface area contributed by atoms with Crippen molar-refractivity contribution in [3.8, 4) is 0 Å². The van der Waals surface area contributed by atoms with Gasteiger partial charge in [0.1, 0.15) is 5.82 Å². The Labute approximate surface area is 121 Å². The van der Waals surface area contributed by atoms with E-state index in [9.17, 15) is 19.1 Å². The number of piperazine rings is 1. The van der Waals surface area contributed by atoms with Crippen LogP contribution in [0.2, 0.25) is 0 Å². The van der Waals surface area contributed by atoms with Crippen LogP contribution in [0.25, 0.3) is 0 Å². The minimum atomic E-state index is -1.02. The highest BCUT2D eigenvalue weighted by Gasteiger charge is 2.26. The summed E-state index contributed by atoms with van der Waals surface area (Å²) in [5.74, 6) is -1.13. The van der Waals surface area contributed by atoms with E-state index in [0.29, 0.717) is 5.56 Å². The van der Waals surface area contributed by atoms with E-state index in [2.05, 4.69) is 0 Å². The largest absolute Gasteiger partial charge is 0.465 e. The minimum Gasteiger partial charge on any atom is -0.465 e. The third-order valence-electron chi connectivity index (χ3n) is 3.54. The van der Waals surface area contributed by atoms with Crippen molar-refractivity contribution >= 4 is 12.0 Å². The quantitative estimate of drug-likeness (QED) is 0.862. The molecule has 0 aromatic heterocycles. The first-order chi connectivity index (χ1) is 9.90. The topological polar surface area (TPSA) is 81.1 Å². The summed E-state index contributed by atoms with van der Waals surface area (Å²) >= 11 is 0. The van der Waals surface area contributed by atoms with Crippen LogP contribution in [0.15, 0.2) is 18.2 Å². The van der Waals surface area contributed by atoms with Crippen molar-refractivity contribution < 1.29 is 24.2 Å². The number of carbonyl (C=O) groups is 2. The number of aliphatic hydroxyl groups is 1. The molecule has 1 unspecified atom stereocenters. The molecule has 0 bridgehead atoms. The van der Waals surface area contributed by atoms with Crippen LogP contribution in [-0.4, -0.2) is 58.2 Å². The molecule has 7 heteroatoms. The number of amides is 2. The van der Waals surface area contributed by atoms with Crippen molar-refractivity contribution in [2.45, 2.75) is 13.0 Å². The first-order valence-corrected chi connectivity index (χ1v) is 6.65. The average Bonchev–Trinajstić information content (AvgIpc) is 2.47. The first kappa shape index (κ1) is 15.2. The van der Waals surface area contributed by atoms with Crippen LogP contribution < -0.4 is 0 Å². The Hall–Kier alpha value is -2.15. The molecule has 1 fully saturated rings. The van der Waals surface area contributed by atoms with E-state index in [0.717, 1.165) is 6.07 Å². The molecule has 1 aliphatic rings. The third kappa shape index (κ3) is 3.30. The molecule has 1 aromatic carbocycles. The van der Waals surface area contributed by atoms with E-state index < -0.39 is 23.9 Å². The van der Waals surface area contributed by atoms with Crippen molar-refractivity contribution in [3.05, 3.63) is 35.1 Å². The molecule has 0 radical (unpaired) electrons. The van der Waals surface area contributed by atoms with Gasteiger partial charge >= 0.3 is 6.09 Å². The van der Waals surface area contributed by atoms with Gasteiger partial charge in [0.2, 0.25) is 0 Å². The maximum atomic E-state index is 13.8. The predicted octanol–water partition coefficient (Wildman–Crippen LogP) is 1.31. The second kappa shape index (κ2) is 6.09. The Morgan fingerprint density at radius 3 is 2.29 bits per heavy atom. The Morgan fingerprint density at radius 1 is 1.19 bits per heavy atom. The minimum absolute atomic E-state index is 0.0998. The highest BCUT2D eigenvalue weighted by atomic mass is 19.1. The first-order valence-electron chi connectivity index (χ1n) is 6.65. The van der Waals surface area contributed by atoms with E-state index >= 15 is 0 Å².